The van der Waals surface area contributed by atoms with Gasteiger partial charge in [0, 0.05) is 22.4 Å². The van der Waals surface area contributed by atoms with Gasteiger partial charge in [-0.05, 0) is 18.6 Å². The van der Waals surface area contributed by atoms with Crippen LogP contribution in [0.1, 0.15) is 23.5 Å². The van der Waals surface area contributed by atoms with Crippen molar-refractivity contribution < 1.29 is 4.79 Å². The molecule has 0 unspecified atom stereocenters. The molecule has 0 aliphatic heterocycles. The zero-order valence-electron chi connectivity index (χ0n) is 11.0. The van der Waals surface area contributed by atoms with Crippen LogP contribution >= 0.6 is 34.7 Å². The molecule has 1 N–H and O–H groups in total. The molecule has 0 saturated heterocycles. The Balaban J connectivity index is 1.74. The van der Waals surface area contributed by atoms with Crippen molar-refractivity contribution in [2.24, 2.45) is 0 Å². The van der Waals surface area contributed by atoms with Gasteiger partial charge in [0.25, 0.3) is 0 Å². The molecule has 0 spiro atoms. The van der Waals surface area contributed by atoms with Crippen molar-refractivity contribution >= 4 is 40.6 Å². The summed E-state index contributed by atoms with van der Waals surface area (Å²) in [5.74, 6) is 1.17. The Hall–Kier alpha value is -1.04. The number of nitrogens with one attached hydrogen (secondary N) is 1. The number of aromatic nitrogens is 1. The molecule has 20 heavy (non-hydrogen) atoms. The number of thiazole rings is 1. The van der Waals surface area contributed by atoms with Gasteiger partial charge in [-0.2, -0.15) is 0 Å². The van der Waals surface area contributed by atoms with Crippen molar-refractivity contribution in [3.8, 4) is 0 Å². The Morgan fingerprint density at radius 1 is 1.50 bits per heavy atom. The highest BCUT2D eigenvalue weighted by atomic mass is 35.5. The Kier molecular flexibility index (Phi) is 5.88. The van der Waals surface area contributed by atoms with Crippen LogP contribution in [0.2, 0.25) is 5.02 Å². The number of nitrogens with zero attached hydrogens (tertiary/aromatic N) is 1. The standard InChI is InChI=1S/C14H15ClN2OS2/c1-10(14-16-6-7-20-14)17-13(18)9-19-8-11-4-2-3-5-12(11)15/h2-7,10H,8-9H2,1H3,(H,17,18)/t10-/m0/s1. The van der Waals surface area contributed by atoms with Gasteiger partial charge in [0.2, 0.25) is 5.91 Å². The molecule has 1 aromatic carbocycles. The first-order valence-electron chi connectivity index (χ1n) is 6.16. The molecule has 0 aliphatic carbocycles. The van der Waals surface area contributed by atoms with Crippen molar-refractivity contribution in [2.45, 2.75) is 18.7 Å². The number of hydrogen-bond donors (Lipinski definition) is 1. The van der Waals surface area contributed by atoms with E-state index in [-0.39, 0.29) is 11.9 Å². The summed E-state index contributed by atoms with van der Waals surface area (Å²) in [5, 5.41) is 6.52. The number of amides is 1. The first kappa shape index (κ1) is 15.4. The molecule has 1 heterocycles. The Bertz CT molecular complexity index is 560. The summed E-state index contributed by atoms with van der Waals surface area (Å²) in [5.41, 5.74) is 1.06. The molecule has 1 atom stereocenters. The molecular weight excluding hydrogens is 312 g/mol. The van der Waals surface area contributed by atoms with Crippen molar-refractivity contribution in [1.29, 1.82) is 0 Å². The third kappa shape index (κ3) is 4.51. The maximum absolute atomic E-state index is 11.8. The first-order chi connectivity index (χ1) is 9.66. The van der Waals surface area contributed by atoms with E-state index < -0.39 is 0 Å². The topological polar surface area (TPSA) is 42.0 Å². The Morgan fingerprint density at radius 2 is 2.30 bits per heavy atom. The lowest BCUT2D eigenvalue weighted by Crippen LogP contribution is -2.28. The van der Waals surface area contributed by atoms with Gasteiger partial charge >= 0.3 is 0 Å². The number of halogens is 1. The minimum atomic E-state index is -0.0385. The van der Waals surface area contributed by atoms with Crippen molar-refractivity contribution in [3.05, 3.63) is 51.4 Å². The number of benzene rings is 1. The summed E-state index contributed by atoms with van der Waals surface area (Å²) < 4.78 is 0. The molecule has 1 amide bonds. The molecule has 0 aliphatic rings. The highest BCUT2D eigenvalue weighted by molar-refractivity contribution is 7.99. The second kappa shape index (κ2) is 7.67. The quantitative estimate of drug-likeness (QED) is 0.875. The largest absolute Gasteiger partial charge is 0.346 e. The smallest absolute Gasteiger partial charge is 0.230 e. The second-order valence-electron chi connectivity index (χ2n) is 4.24. The van der Waals surface area contributed by atoms with E-state index in [4.69, 9.17) is 11.6 Å². The van der Waals surface area contributed by atoms with Crippen LogP contribution in [0.5, 0.6) is 0 Å². The van der Waals surface area contributed by atoms with Crippen LogP contribution in [0.4, 0.5) is 0 Å². The molecule has 0 bridgehead atoms. The summed E-state index contributed by atoms with van der Waals surface area (Å²) in [7, 11) is 0. The van der Waals surface area contributed by atoms with Crippen molar-refractivity contribution in [2.75, 3.05) is 5.75 Å². The van der Waals surface area contributed by atoms with Crippen LogP contribution in [0.15, 0.2) is 35.8 Å². The van der Waals surface area contributed by atoms with Gasteiger partial charge in [-0.25, -0.2) is 4.98 Å². The zero-order valence-corrected chi connectivity index (χ0v) is 13.4. The van der Waals surface area contributed by atoms with E-state index >= 15 is 0 Å². The molecule has 2 rings (SSSR count). The molecule has 106 valence electrons. The number of carbonyl (C=O) groups is 1. The monoisotopic (exact) mass is 326 g/mol. The molecular formula is C14H15ClN2OS2. The molecule has 3 nitrogen and oxygen atoms in total. The lowest BCUT2D eigenvalue weighted by molar-refractivity contribution is -0.119. The molecule has 6 heteroatoms. The van der Waals surface area contributed by atoms with E-state index in [9.17, 15) is 4.79 Å². The van der Waals surface area contributed by atoms with E-state index in [2.05, 4.69) is 10.3 Å². The van der Waals surface area contributed by atoms with Gasteiger partial charge in [0.05, 0.1) is 11.8 Å². The average Bonchev–Trinajstić information content (AvgIpc) is 2.95. The number of thioether (sulfide) groups is 1. The third-order valence-electron chi connectivity index (χ3n) is 2.65. The fourth-order valence-corrected chi connectivity index (χ4v) is 3.43. The van der Waals surface area contributed by atoms with Crippen molar-refractivity contribution in [1.82, 2.24) is 10.3 Å². The van der Waals surface area contributed by atoms with Gasteiger partial charge in [-0.3, -0.25) is 4.79 Å². The van der Waals surface area contributed by atoms with Crippen LogP contribution in [-0.4, -0.2) is 16.6 Å². The van der Waals surface area contributed by atoms with Crippen LogP contribution < -0.4 is 5.32 Å². The average molecular weight is 327 g/mol. The minimum Gasteiger partial charge on any atom is -0.346 e. The summed E-state index contributed by atoms with van der Waals surface area (Å²) in [4.78, 5) is 16.0. The van der Waals surface area contributed by atoms with E-state index in [1.165, 1.54) is 0 Å². The lowest BCUT2D eigenvalue weighted by atomic mass is 10.2. The maximum atomic E-state index is 11.8. The number of rotatable bonds is 6. The normalized spacial score (nSPS) is 12.1. The number of hydrogen-bond acceptors (Lipinski definition) is 4. The Morgan fingerprint density at radius 3 is 3.00 bits per heavy atom. The molecule has 0 fully saturated rings. The highest BCUT2D eigenvalue weighted by Crippen LogP contribution is 2.21. The minimum absolute atomic E-state index is 0.0183. The first-order valence-corrected chi connectivity index (χ1v) is 8.58. The van der Waals surface area contributed by atoms with Gasteiger partial charge < -0.3 is 5.32 Å². The van der Waals surface area contributed by atoms with Gasteiger partial charge in [0.15, 0.2) is 0 Å². The van der Waals surface area contributed by atoms with E-state index in [1.54, 1.807) is 29.3 Å². The van der Waals surface area contributed by atoms with E-state index in [0.717, 1.165) is 21.3 Å². The summed E-state index contributed by atoms with van der Waals surface area (Å²) in [6.45, 7) is 1.94. The second-order valence-corrected chi connectivity index (χ2v) is 6.56. The van der Waals surface area contributed by atoms with Crippen LogP contribution in [0.25, 0.3) is 0 Å². The fourth-order valence-electron chi connectivity index (χ4n) is 1.66. The lowest BCUT2D eigenvalue weighted by Gasteiger charge is -2.11. The molecule has 2 aromatic rings. The Labute approximate surface area is 131 Å². The van der Waals surface area contributed by atoms with Crippen LogP contribution in [-0.2, 0) is 10.5 Å². The SMILES string of the molecule is C[C@H](NC(=O)CSCc1ccccc1Cl)c1nccs1. The summed E-state index contributed by atoms with van der Waals surface area (Å²) in [6.07, 6.45) is 1.74. The van der Waals surface area contributed by atoms with Crippen LogP contribution in [0.3, 0.4) is 0 Å². The summed E-state index contributed by atoms with van der Waals surface area (Å²) >= 11 is 9.17. The molecule has 0 radical (unpaired) electrons. The molecule has 0 saturated carbocycles. The summed E-state index contributed by atoms with van der Waals surface area (Å²) in [6, 6.07) is 7.65. The third-order valence-corrected chi connectivity index (χ3v) is 4.96. The zero-order chi connectivity index (χ0) is 14.4. The predicted octanol–water partition coefficient (Wildman–Crippen LogP) is 3.91. The van der Waals surface area contributed by atoms with E-state index in [1.807, 2.05) is 36.6 Å². The van der Waals surface area contributed by atoms with Crippen LogP contribution in [0, 0.1) is 0 Å². The van der Waals surface area contributed by atoms with Gasteiger partial charge in [-0.15, -0.1) is 23.1 Å². The fraction of sp³-hybridized carbons (Fsp3) is 0.286. The van der Waals surface area contributed by atoms with Crippen molar-refractivity contribution in [3.63, 3.8) is 0 Å². The predicted molar refractivity (Wildman–Crippen MR) is 86.3 cm³/mol. The number of carbonyl (C=O) groups excluding carboxylic acids is 1. The van der Waals surface area contributed by atoms with E-state index in [0.29, 0.717) is 5.75 Å². The van der Waals surface area contributed by atoms with Gasteiger partial charge in [-0.1, -0.05) is 29.8 Å². The maximum Gasteiger partial charge on any atom is 0.230 e. The molecule has 1 aromatic heterocycles. The highest BCUT2D eigenvalue weighted by Gasteiger charge is 2.11. The van der Waals surface area contributed by atoms with Gasteiger partial charge in [0.1, 0.15) is 5.01 Å².